The summed E-state index contributed by atoms with van der Waals surface area (Å²) in [5.41, 5.74) is 1.20. The topological polar surface area (TPSA) is 9.23 Å². The quantitative estimate of drug-likeness (QED) is 0.689. The van der Waals surface area contributed by atoms with E-state index in [2.05, 4.69) is 13.0 Å². The Morgan fingerprint density at radius 3 is 2.53 bits per heavy atom. The lowest BCUT2D eigenvalue weighted by Crippen LogP contribution is -2.09. The minimum atomic E-state index is 0.196. The molecule has 0 aliphatic heterocycles. The van der Waals surface area contributed by atoms with Crippen molar-refractivity contribution in [3.8, 4) is 5.75 Å². The van der Waals surface area contributed by atoms with Crippen LogP contribution in [-0.4, -0.2) is 11.5 Å². The van der Waals surface area contributed by atoms with Crippen LogP contribution in [0, 0.1) is 0 Å². The van der Waals surface area contributed by atoms with E-state index in [1.54, 1.807) is 0 Å². The van der Waals surface area contributed by atoms with Crippen molar-refractivity contribution in [2.75, 3.05) is 0 Å². The third kappa shape index (κ3) is 4.13. The van der Waals surface area contributed by atoms with Gasteiger partial charge in [0.25, 0.3) is 0 Å². The molecule has 0 aliphatic rings. The fourth-order valence-electron chi connectivity index (χ4n) is 1.42. The molecule has 0 aromatic heterocycles. The van der Waals surface area contributed by atoms with Crippen molar-refractivity contribution in [3.63, 3.8) is 0 Å². The van der Waals surface area contributed by atoms with E-state index < -0.39 is 0 Å². The van der Waals surface area contributed by atoms with Crippen LogP contribution < -0.4 is 4.74 Å². The van der Waals surface area contributed by atoms with Gasteiger partial charge in [-0.05, 0) is 38.3 Å². The second kappa shape index (κ2) is 6.02. The van der Waals surface area contributed by atoms with Gasteiger partial charge in [-0.2, -0.15) is 0 Å². The fraction of sp³-hybridized carbons (Fsp3) is 0.538. The Morgan fingerprint density at radius 1 is 1.27 bits per heavy atom. The Hall–Kier alpha value is -0.690. The predicted molar refractivity (Wildman–Crippen MR) is 65.8 cm³/mol. The lowest BCUT2D eigenvalue weighted by Gasteiger charge is -2.15. The second-order valence-electron chi connectivity index (χ2n) is 3.98. The van der Waals surface area contributed by atoms with E-state index in [1.165, 1.54) is 5.56 Å². The molecule has 0 fully saturated rings. The summed E-state index contributed by atoms with van der Waals surface area (Å²) in [4.78, 5) is 0. The number of halogens is 1. The zero-order chi connectivity index (χ0) is 11.3. The molecular weight excluding hydrogens is 208 g/mol. The third-order valence-electron chi connectivity index (χ3n) is 2.22. The fourth-order valence-corrected chi connectivity index (χ4v) is 1.59. The maximum atomic E-state index is 6.15. The van der Waals surface area contributed by atoms with Crippen LogP contribution in [-0.2, 0) is 6.42 Å². The molecule has 2 heteroatoms. The Balaban J connectivity index is 2.76. The van der Waals surface area contributed by atoms with Crippen molar-refractivity contribution in [1.82, 2.24) is 0 Å². The molecule has 0 radical (unpaired) electrons. The largest absolute Gasteiger partial charge is 0.491 e. The highest BCUT2D eigenvalue weighted by atomic mass is 35.5. The Bertz CT molecular complexity index is 296. The molecule has 1 rings (SSSR count). The molecule has 0 saturated heterocycles. The summed E-state index contributed by atoms with van der Waals surface area (Å²) in [5.74, 6) is 0.964. The van der Waals surface area contributed by atoms with Gasteiger partial charge in [-0.3, -0.25) is 0 Å². The summed E-state index contributed by atoms with van der Waals surface area (Å²) in [7, 11) is 0. The summed E-state index contributed by atoms with van der Waals surface area (Å²) in [6.45, 7) is 6.17. The maximum absolute atomic E-state index is 6.15. The van der Waals surface area contributed by atoms with E-state index in [-0.39, 0.29) is 11.5 Å². The van der Waals surface area contributed by atoms with Crippen molar-refractivity contribution in [1.29, 1.82) is 0 Å². The van der Waals surface area contributed by atoms with E-state index in [0.29, 0.717) is 0 Å². The average molecular weight is 227 g/mol. The molecule has 0 amide bonds. The smallest absolute Gasteiger partial charge is 0.122 e. The first-order valence-corrected chi connectivity index (χ1v) is 5.95. The Labute approximate surface area is 97.4 Å². The van der Waals surface area contributed by atoms with Gasteiger partial charge >= 0.3 is 0 Å². The van der Waals surface area contributed by atoms with Gasteiger partial charge in [0, 0.05) is 5.38 Å². The first kappa shape index (κ1) is 12.4. The third-order valence-corrected chi connectivity index (χ3v) is 2.68. The summed E-state index contributed by atoms with van der Waals surface area (Å²) >= 11 is 6.15. The van der Waals surface area contributed by atoms with Crippen LogP contribution in [0.15, 0.2) is 24.3 Å². The number of hydrogen-bond donors (Lipinski definition) is 0. The molecule has 1 atom stereocenters. The minimum absolute atomic E-state index is 0.196. The lowest BCUT2D eigenvalue weighted by molar-refractivity contribution is 0.240. The van der Waals surface area contributed by atoms with Crippen molar-refractivity contribution in [2.45, 2.75) is 45.1 Å². The van der Waals surface area contributed by atoms with Gasteiger partial charge in [0.1, 0.15) is 5.75 Å². The molecule has 1 aromatic rings. The Morgan fingerprint density at radius 2 is 1.93 bits per heavy atom. The summed E-state index contributed by atoms with van der Waals surface area (Å²) in [5, 5.41) is 0.196. The number of ether oxygens (including phenoxy) is 1. The van der Waals surface area contributed by atoms with Crippen LogP contribution in [0.1, 0.15) is 32.8 Å². The molecule has 84 valence electrons. The van der Waals surface area contributed by atoms with Gasteiger partial charge in [0.05, 0.1) is 6.10 Å². The number of para-hydroxylation sites is 1. The van der Waals surface area contributed by atoms with Gasteiger partial charge in [-0.1, -0.05) is 25.1 Å². The lowest BCUT2D eigenvalue weighted by atomic mass is 10.1. The number of hydrogen-bond acceptors (Lipinski definition) is 1. The maximum Gasteiger partial charge on any atom is 0.122 e. The van der Waals surface area contributed by atoms with Crippen molar-refractivity contribution in [2.24, 2.45) is 0 Å². The van der Waals surface area contributed by atoms with Crippen LogP contribution in [0.4, 0.5) is 0 Å². The molecule has 0 spiro atoms. The molecule has 0 N–H and O–H groups in total. The monoisotopic (exact) mass is 226 g/mol. The molecule has 15 heavy (non-hydrogen) atoms. The SMILES string of the molecule is CCC(Cl)Cc1ccccc1OC(C)C. The highest BCUT2D eigenvalue weighted by molar-refractivity contribution is 6.20. The van der Waals surface area contributed by atoms with Crippen molar-refractivity contribution in [3.05, 3.63) is 29.8 Å². The molecule has 0 saturated carbocycles. The highest BCUT2D eigenvalue weighted by Crippen LogP contribution is 2.23. The van der Waals surface area contributed by atoms with E-state index >= 15 is 0 Å². The highest BCUT2D eigenvalue weighted by Gasteiger charge is 2.09. The molecule has 0 bridgehead atoms. The first-order chi connectivity index (χ1) is 7.13. The van der Waals surface area contributed by atoms with Crippen molar-refractivity contribution < 1.29 is 4.74 Å². The minimum Gasteiger partial charge on any atom is -0.491 e. The van der Waals surface area contributed by atoms with Crippen LogP contribution in [0.2, 0.25) is 0 Å². The number of benzene rings is 1. The van der Waals surface area contributed by atoms with Crippen LogP contribution in [0.25, 0.3) is 0 Å². The first-order valence-electron chi connectivity index (χ1n) is 5.52. The van der Waals surface area contributed by atoms with Gasteiger partial charge < -0.3 is 4.74 Å². The van der Waals surface area contributed by atoms with Crippen molar-refractivity contribution >= 4 is 11.6 Å². The predicted octanol–water partition coefficient (Wildman–Crippen LogP) is 4.03. The number of rotatable bonds is 5. The summed E-state index contributed by atoms with van der Waals surface area (Å²) in [6.07, 6.45) is 2.07. The zero-order valence-corrected chi connectivity index (χ0v) is 10.4. The zero-order valence-electron chi connectivity index (χ0n) is 9.66. The normalized spacial score (nSPS) is 12.9. The van der Waals surface area contributed by atoms with E-state index in [1.807, 2.05) is 32.0 Å². The van der Waals surface area contributed by atoms with E-state index in [0.717, 1.165) is 18.6 Å². The van der Waals surface area contributed by atoms with Gasteiger partial charge in [-0.15, -0.1) is 11.6 Å². The molecule has 1 nitrogen and oxygen atoms in total. The van der Waals surface area contributed by atoms with Crippen LogP contribution >= 0.6 is 11.6 Å². The summed E-state index contributed by atoms with van der Waals surface area (Å²) < 4.78 is 5.73. The second-order valence-corrected chi connectivity index (χ2v) is 4.60. The van der Waals surface area contributed by atoms with Gasteiger partial charge in [-0.25, -0.2) is 0 Å². The van der Waals surface area contributed by atoms with Crippen LogP contribution in [0.3, 0.4) is 0 Å². The average Bonchev–Trinajstić information content (AvgIpc) is 2.20. The molecule has 0 heterocycles. The Kier molecular flexibility index (Phi) is 4.97. The van der Waals surface area contributed by atoms with E-state index in [9.17, 15) is 0 Å². The van der Waals surface area contributed by atoms with Crippen LogP contribution in [0.5, 0.6) is 5.75 Å². The standard InChI is InChI=1S/C13H19ClO/c1-4-12(14)9-11-7-5-6-8-13(11)15-10(2)3/h5-8,10,12H,4,9H2,1-3H3. The molecular formula is C13H19ClO. The molecule has 0 aliphatic carbocycles. The number of alkyl halides is 1. The summed E-state index contributed by atoms with van der Waals surface area (Å²) in [6, 6.07) is 8.12. The molecule has 1 unspecified atom stereocenters. The van der Waals surface area contributed by atoms with Gasteiger partial charge in [0.2, 0.25) is 0 Å². The molecule has 1 aromatic carbocycles. The van der Waals surface area contributed by atoms with Gasteiger partial charge in [0.15, 0.2) is 0 Å². The van der Waals surface area contributed by atoms with E-state index in [4.69, 9.17) is 16.3 Å².